The van der Waals surface area contributed by atoms with Crippen LogP contribution in [0.5, 0.6) is 0 Å². The van der Waals surface area contributed by atoms with Gasteiger partial charge in [0.15, 0.2) is 5.43 Å². The van der Waals surface area contributed by atoms with Crippen LogP contribution in [0.1, 0.15) is 31.9 Å². The summed E-state index contributed by atoms with van der Waals surface area (Å²) in [5.41, 5.74) is 3.45. The lowest BCUT2D eigenvalue weighted by Gasteiger charge is -2.19. The van der Waals surface area contributed by atoms with E-state index >= 15 is 0 Å². The maximum absolute atomic E-state index is 12.8. The third-order valence-electron chi connectivity index (χ3n) is 5.35. The van der Waals surface area contributed by atoms with Gasteiger partial charge in [0, 0.05) is 17.3 Å². The molecule has 4 rings (SSSR count). The van der Waals surface area contributed by atoms with Crippen molar-refractivity contribution in [3.05, 3.63) is 94.1 Å². The van der Waals surface area contributed by atoms with Crippen LogP contribution in [-0.4, -0.2) is 8.42 Å². The molecule has 0 aliphatic rings. The second kappa shape index (κ2) is 7.95. The molecule has 164 valence electrons. The molecular weight excluding hydrogens is 422 g/mol. The molecule has 32 heavy (non-hydrogen) atoms. The number of anilines is 1. The van der Waals surface area contributed by atoms with E-state index in [0.29, 0.717) is 22.4 Å². The summed E-state index contributed by atoms with van der Waals surface area (Å²) < 4.78 is 33.8. The van der Waals surface area contributed by atoms with Crippen LogP contribution >= 0.6 is 0 Å². The Bertz CT molecular complexity index is 1440. The van der Waals surface area contributed by atoms with Crippen molar-refractivity contribution in [2.45, 2.75) is 38.0 Å². The van der Waals surface area contributed by atoms with Crippen molar-refractivity contribution in [1.82, 2.24) is 0 Å². The monoisotopic (exact) mass is 447 g/mol. The fraction of sp³-hybridized carbons (Fsp3) is 0.192. The van der Waals surface area contributed by atoms with Gasteiger partial charge in [-0.2, -0.15) is 0 Å². The molecule has 1 N–H and O–H groups in total. The second-order valence-corrected chi connectivity index (χ2v) is 10.6. The zero-order valence-electron chi connectivity index (χ0n) is 18.5. The molecule has 4 aromatic rings. The van der Waals surface area contributed by atoms with E-state index in [1.54, 1.807) is 36.4 Å². The molecule has 0 fully saturated rings. The first-order valence-corrected chi connectivity index (χ1v) is 11.8. The molecule has 0 bridgehead atoms. The molecule has 1 aromatic heterocycles. The van der Waals surface area contributed by atoms with Crippen molar-refractivity contribution in [1.29, 1.82) is 0 Å². The van der Waals surface area contributed by atoms with Crippen LogP contribution in [0.3, 0.4) is 0 Å². The predicted molar refractivity (Wildman–Crippen MR) is 129 cm³/mol. The summed E-state index contributed by atoms with van der Waals surface area (Å²) in [6.45, 7) is 8.31. The maximum atomic E-state index is 12.8. The average molecular weight is 448 g/mol. The number of rotatable bonds is 4. The molecule has 0 aliphatic carbocycles. The number of benzene rings is 3. The van der Waals surface area contributed by atoms with E-state index in [1.807, 2.05) is 31.2 Å². The minimum absolute atomic E-state index is 0.0328. The van der Waals surface area contributed by atoms with Crippen molar-refractivity contribution in [3.63, 3.8) is 0 Å². The molecule has 0 radical (unpaired) electrons. The Morgan fingerprint density at radius 3 is 2.12 bits per heavy atom. The van der Waals surface area contributed by atoms with Gasteiger partial charge in [-0.1, -0.05) is 62.7 Å². The highest BCUT2D eigenvalue weighted by Crippen LogP contribution is 2.28. The lowest BCUT2D eigenvalue weighted by molar-refractivity contribution is 0.589. The van der Waals surface area contributed by atoms with Gasteiger partial charge in [0.25, 0.3) is 10.0 Å². The molecule has 5 nitrogen and oxygen atoms in total. The highest BCUT2D eigenvalue weighted by molar-refractivity contribution is 7.92. The molecule has 3 aromatic carbocycles. The van der Waals surface area contributed by atoms with E-state index in [9.17, 15) is 13.2 Å². The van der Waals surface area contributed by atoms with Gasteiger partial charge in [-0.3, -0.25) is 9.52 Å². The van der Waals surface area contributed by atoms with Crippen LogP contribution in [0.4, 0.5) is 5.69 Å². The number of fused-ring (bicyclic) bond motifs is 1. The fourth-order valence-corrected chi connectivity index (χ4v) is 4.48. The second-order valence-electron chi connectivity index (χ2n) is 8.93. The molecule has 0 amide bonds. The Balaban J connectivity index is 1.67. The van der Waals surface area contributed by atoms with Gasteiger partial charge in [0.2, 0.25) is 0 Å². The van der Waals surface area contributed by atoms with Gasteiger partial charge < -0.3 is 4.42 Å². The van der Waals surface area contributed by atoms with Gasteiger partial charge in [0.05, 0.1) is 10.3 Å². The SMILES string of the molecule is Cc1ccc(S(=O)(=O)Nc2ccc3oc(-c4ccc(C(C)(C)C)cc4)cc(=O)c3c2)cc1. The first-order valence-electron chi connectivity index (χ1n) is 10.3. The van der Waals surface area contributed by atoms with E-state index < -0.39 is 10.0 Å². The van der Waals surface area contributed by atoms with Crippen LogP contribution in [0, 0.1) is 6.92 Å². The van der Waals surface area contributed by atoms with Crippen molar-refractivity contribution in [2.24, 2.45) is 0 Å². The fourth-order valence-electron chi connectivity index (χ4n) is 3.43. The number of aryl methyl sites for hydroxylation is 1. The van der Waals surface area contributed by atoms with Crippen LogP contribution in [0.25, 0.3) is 22.3 Å². The standard InChI is InChI=1S/C26H25NO4S/c1-17-5-12-21(13-6-17)32(29,30)27-20-11-14-24-22(15-20)23(28)16-25(31-24)18-7-9-19(10-8-18)26(2,3)4/h5-16,27H,1-4H3. The van der Waals surface area contributed by atoms with E-state index in [-0.39, 0.29) is 15.7 Å². The number of sulfonamides is 1. The topological polar surface area (TPSA) is 76.4 Å². The molecular formula is C26H25NO4S. The lowest BCUT2D eigenvalue weighted by Crippen LogP contribution is -2.13. The molecule has 0 unspecified atom stereocenters. The van der Waals surface area contributed by atoms with E-state index in [1.165, 1.54) is 17.7 Å². The molecule has 0 atom stereocenters. The minimum Gasteiger partial charge on any atom is -0.456 e. The van der Waals surface area contributed by atoms with Crippen LogP contribution in [-0.2, 0) is 15.4 Å². The first-order chi connectivity index (χ1) is 15.0. The quantitative estimate of drug-likeness (QED) is 0.425. The molecule has 0 spiro atoms. The van der Waals surface area contributed by atoms with Gasteiger partial charge in [-0.25, -0.2) is 8.42 Å². The van der Waals surface area contributed by atoms with E-state index in [0.717, 1.165) is 11.1 Å². The third kappa shape index (κ3) is 4.46. The van der Waals surface area contributed by atoms with Gasteiger partial charge in [-0.05, 0) is 48.2 Å². The smallest absolute Gasteiger partial charge is 0.261 e. The summed E-state index contributed by atoms with van der Waals surface area (Å²) in [6.07, 6.45) is 0. The third-order valence-corrected chi connectivity index (χ3v) is 6.74. The highest BCUT2D eigenvalue weighted by Gasteiger charge is 2.16. The Morgan fingerprint density at radius 2 is 1.50 bits per heavy atom. The lowest BCUT2D eigenvalue weighted by atomic mass is 9.86. The Hall–Kier alpha value is -3.38. The number of hydrogen-bond acceptors (Lipinski definition) is 4. The zero-order valence-corrected chi connectivity index (χ0v) is 19.3. The van der Waals surface area contributed by atoms with Gasteiger partial charge >= 0.3 is 0 Å². The molecule has 0 aliphatic heterocycles. The molecule has 1 heterocycles. The Morgan fingerprint density at radius 1 is 0.844 bits per heavy atom. The van der Waals surface area contributed by atoms with Crippen molar-refractivity contribution in [3.8, 4) is 11.3 Å². The normalized spacial score (nSPS) is 12.1. The van der Waals surface area contributed by atoms with Gasteiger partial charge in [0.1, 0.15) is 11.3 Å². The van der Waals surface area contributed by atoms with Crippen LogP contribution < -0.4 is 10.2 Å². The summed E-state index contributed by atoms with van der Waals surface area (Å²) in [5, 5.41) is 0.309. The summed E-state index contributed by atoms with van der Waals surface area (Å²) in [5.74, 6) is 0.468. The predicted octanol–water partition coefficient (Wildman–Crippen LogP) is 5.87. The zero-order chi connectivity index (χ0) is 23.1. The maximum Gasteiger partial charge on any atom is 0.261 e. The number of nitrogens with one attached hydrogen (secondary N) is 1. The van der Waals surface area contributed by atoms with E-state index in [4.69, 9.17) is 4.42 Å². The average Bonchev–Trinajstić information content (AvgIpc) is 2.73. The van der Waals surface area contributed by atoms with Crippen molar-refractivity contribution < 1.29 is 12.8 Å². The molecule has 0 saturated heterocycles. The highest BCUT2D eigenvalue weighted by atomic mass is 32.2. The van der Waals surface area contributed by atoms with Crippen molar-refractivity contribution >= 4 is 26.7 Å². The summed E-state index contributed by atoms with van der Waals surface area (Å²) in [7, 11) is -3.76. The van der Waals surface area contributed by atoms with E-state index in [2.05, 4.69) is 25.5 Å². The van der Waals surface area contributed by atoms with Crippen LogP contribution in [0.15, 0.2) is 86.9 Å². The largest absolute Gasteiger partial charge is 0.456 e. The number of hydrogen-bond donors (Lipinski definition) is 1. The molecule has 6 heteroatoms. The van der Waals surface area contributed by atoms with Crippen LogP contribution in [0.2, 0.25) is 0 Å². The molecule has 0 saturated carbocycles. The minimum atomic E-state index is -3.76. The Kier molecular flexibility index (Phi) is 5.42. The summed E-state index contributed by atoms with van der Waals surface area (Å²) in [4.78, 5) is 12.9. The Labute approximate surface area is 187 Å². The van der Waals surface area contributed by atoms with Crippen molar-refractivity contribution in [2.75, 3.05) is 4.72 Å². The first kappa shape index (κ1) is 21.8. The summed E-state index contributed by atoms with van der Waals surface area (Å²) in [6, 6.07) is 20.6. The summed E-state index contributed by atoms with van der Waals surface area (Å²) >= 11 is 0. The van der Waals surface area contributed by atoms with Gasteiger partial charge in [-0.15, -0.1) is 0 Å².